The molecule has 0 fully saturated rings. The lowest BCUT2D eigenvalue weighted by Gasteiger charge is -2.15. The highest BCUT2D eigenvalue weighted by Crippen LogP contribution is 2.18. The molecule has 168 valence electrons. The van der Waals surface area contributed by atoms with Gasteiger partial charge in [0.15, 0.2) is 5.65 Å². The van der Waals surface area contributed by atoms with E-state index in [1.807, 2.05) is 0 Å². The highest BCUT2D eigenvalue weighted by Gasteiger charge is 2.18. The van der Waals surface area contributed by atoms with Gasteiger partial charge in [0.05, 0.1) is 29.8 Å². The van der Waals surface area contributed by atoms with Gasteiger partial charge in [-0.05, 0) is 55.0 Å². The van der Waals surface area contributed by atoms with Crippen LogP contribution in [-0.2, 0) is 7.05 Å². The number of hydrogen-bond acceptors (Lipinski definition) is 5. The summed E-state index contributed by atoms with van der Waals surface area (Å²) in [6, 6.07) is 13.6. The normalized spacial score (nSPS) is 11.9. The van der Waals surface area contributed by atoms with Crippen molar-refractivity contribution in [2.45, 2.75) is 13.0 Å². The highest BCUT2D eigenvalue weighted by atomic mass is 19.1. The van der Waals surface area contributed by atoms with Gasteiger partial charge in [-0.3, -0.25) is 14.2 Å². The SMILES string of the molecule is COc1ccc(-n2c(=O)n(C)c(=O)c3cc(C(=O)NC(C)c4ccc(F)cc4)cnc32)cc1. The number of ether oxygens (including phenoxy) is 1. The molecule has 8 nitrogen and oxygen atoms in total. The standard InChI is InChI=1S/C24H21FN4O4/c1-14(15-4-6-17(25)7-5-15)27-22(30)16-12-20-21(26-13-16)29(24(32)28(2)23(20)31)18-8-10-19(33-3)11-9-18/h4-14H,1-3H3,(H,27,30). The Morgan fingerprint density at radius 2 is 1.76 bits per heavy atom. The topological polar surface area (TPSA) is 95.2 Å². The first-order valence-electron chi connectivity index (χ1n) is 10.1. The quantitative estimate of drug-likeness (QED) is 0.507. The van der Waals surface area contributed by atoms with Crippen LogP contribution in [0.2, 0.25) is 0 Å². The van der Waals surface area contributed by atoms with Gasteiger partial charge >= 0.3 is 5.69 Å². The molecule has 2 heterocycles. The molecule has 0 aliphatic rings. The number of benzene rings is 2. The predicted molar refractivity (Wildman–Crippen MR) is 121 cm³/mol. The molecule has 1 N–H and O–H groups in total. The van der Waals surface area contributed by atoms with E-state index in [-0.39, 0.29) is 22.4 Å². The Hall–Kier alpha value is -4.27. The third kappa shape index (κ3) is 4.12. The number of pyridine rings is 1. The first kappa shape index (κ1) is 21.9. The Morgan fingerprint density at radius 1 is 1.09 bits per heavy atom. The van der Waals surface area contributed by atoms with Gasteiger partial charge in [0.25, 0.3) is 11.5 Å². The van der Waals surface area contributed by atoms with Crippen LogP contribution >= 0.6 is 0 Å². The molecule has 9 heteroatoms. The number of methoxy groups -OCH3 is 1. The van der Waals surface area contributed by atoms with Crippen LogP contribution in [0, 0.1) is 5.82 Å². The van der Waals surface area contributed by atoms with Crippen molar-refractivity contribution in [3.8, 4) is 11.4 Å². The van der Waals surface area contributed by atoms with Gasteiger partial charge in [-0.1, -0.05) is 12.1 Å². The average Bonchev–Trinajstić information content (AvgIpc) is 2.83. The molecule has 0 aliphatic carbocycles. The highest BCUT2D eigenvalue weighted by molar-refractivity contribution is 5.97. The molecule has 0 aliphatic heterocycles. The van der Waals surface area contributed by atoms with Crippen LogP contribution in [-0.4, -0.2) is 27.1 Å². The molecule has 4 rings (SSSR count). The largest absolute Gasteiger partial charge is 0.497 e. The third-order valence-corrected chi connectivity index (χ3v) is 5.40. The molecule has 1 atom stereocenters. The van der Waals surface area contributed by atoms with E-state index in [1.165, 1.54) is 43.1 Å². The summed E-state index contributed by atoms with van der Waals surface area (Å²) >= 11 is 0. The minimum atomic E-state index is -0.563. The van der Waals surface area contributed by atoms with Crippen LogP contribution in [0.3, 0.4) is 0 Å². The zero-order valence-electron chi connectivity index (χ0n) is 18.2. The first-order valence-corrected chi connectivity index (χ1v) is 10.1. The first-order chi connectivity index (χ1) is 15.8. The van der Waals surface area contributed by atoms with Crippen molar-refractivity contribution in [3.05, 3.63) is 98.6 Å². The molecule has 1 amide bonds. The average molecular weight is 448 g/mol. The van der Waals surface area contributed by atoms with E-state index >= 15 is 0 Å². The minimum Gasteiger partial charge on any atom is -0.497 e. The summed E-state index contributed by atoms with van der Waals surface area (Å²) in [5, 5.41) is 2.93. The number of nitrogens with one attached hydrogen (secondary N) is 1. The number of amides is 1. The zero-order chi connectivity index (χ0) is 23.7. The Bertz CT molecular complexity index is 1460. The van der Waals surface area contributed by atoms with Crippen LogP contribution in [0.15, 0.2) is 70.4 Å². The van der Waals surface area contributed by atoms with Crippen LogP contribution in [0.1, 0.15) is 28.9 Å². The molecule has 0 radical (unpaired) electrons. The second-order valence-corrected chi connectivity index (χ2v) is 7.52. The number of carbonyl (C=O) groups is 1. The van der Waals surface area contributed by atoms with Gasteiger partial charge in [0, 0.05) is 13.2 Å². The number of halogens is 1. The van der Waals surface area contributed by atoms with E-state index in [0.717, 1.165) is 10.1 Å². The molecule has 1 unspecified atom stereocenters. The monoisotopic (exact) mass is 448 g/mol. The van der Waals surface area contributed by atoms with Crippen molar-refractivity contribution >= 4 is 16.9 Å². The fraction of sp³-hybridized carbons (Fsp3) is 0.167. The van der Waals surface area contributed by atoms with Crippen molar-refractivity contribution in [2.75, 3.05) is 7.11 Å². The van der Waals surface area contributed by atoms with Gasteiger partial charge in [0.2, 0.25) is 0 Å². The van der Waals surface area contributed by atoms with Gasteiger partial charge in [-0.15, -0.1) is 0 Å². The Labute approximate surface area is 187 Å². The summed E-state index contributed by atoms with van der Waals surface area (Å²) in [4.78, 5) is 42.8. The Morgan fingerprint density at radius 3 is 2.39 bits per heavy atom. The third-order valence-electron chi connectivity index (χ3n) is 5.40. The smallest absolute Gasteiger partial charge is 0.337 e. The lowest BCUT2D eigenvalue weighted by molar-refractivity contribution is 0.0939. The number of carbonyl (C=O) groups excluding carboxylic acids is 1. The van der Waals surface area contributed by atoms with Gasteiger partial charge < -0.3 is 10.1 Å². The van der Waals surface area contributed by atoms with Crippen molar-refractivity contribution in [1.29, 1.82) is 0 Å². The van der Waals surface area contributed by atoms with Crippen LogP contribution in [0.5, 0.6) is 5.75 Å². The molecule has 0 spiro atoms. The van der Waals surface area contributed by atoms with Crippen molar-refractivity contribution in [3.63, 3.8) is 0 Å². The maximum absolute atomic E-state index is 13.2. The molecular weight excluding hydrogens is 427 g/mol. The van der Waals surface area contributed by atoms with Gasteiger partial charge in [-0.25, -0.2) is 18.7 Å². The van der Waals surface area contributed by atoms with Crippen LogP contribution in [0.4, 0.5) is 4.39 Å². The lowest BCUT2D eigenvalue weighted by atomic mass is 10.1. The summed E-state index contributed by atoms with van der Waals surface area (Å²) < 4.78 is 20.6. The maximum Gasteiger partial charge on any atom is 0.337 e. The molecule has 2 aromatic heterocycles. The number of aromatic nitrogens is 3. The van der Waals surface area contributed by atoms with Crippen LogP contribution in [0.25, 0.3) is 16.7 Å². The Kier molecular flexibility index (Phi) is 5.78. The fourth-order valence-electron chi connectivity index (χ4n) is 3.50. The molecular formula is C24H21FN4O4. The summed E-state index contributed by atoms with van der Waals surface area (Å²) in [5.41, 5.74) is 0.393. The molecule has 0 bridgehead atoms. The molecule has 0 saturated heterocycles. The summed E-state index contributed by atoms with van der Waals surface area (Å²) in [5.74, 6) is -0.205. The maximum atomic E-state index is 13.2. The van der Waals surface area contributed by atoms with Crippen molar-refractivity contribution < 1.29 is 13.9 Å². The van der Waals surface area contributed by atoms with E-state index in [0.29, 0.717) is 11.4 Å². The summed E-state index contributed by atoms with van der Waals surface area (Å²) in [6.45, 7) is 1.76. The second kappa shape index (κ2) is 8.70. The summed E-state index contributed by atoms with van der Waals surface area (Å²) in [7, 11) is 2.90. The number of fused-ring (bicyclic) bond motifs is 1. The van der Waals surface area contributed by atoms with E-state index in [1.54, 1.807) is 43.3 Å². The van der Waals surface area contributed by atoms with E-state index in [9.17, 15) is 18.8 Å². The van der Waals surface area contributed by atoms with Crippen LogP contribution < -0.4 is 21.3 Å². The molecule has 33 heavy (non-hydrogen) atoms. The summed E-state index contributed by atoms with van der Waals surface area (Å²) in [6.07, 6.45) is 1.31. The van der Waals surface area contributed by atoms with Crippen molar-refractivity contribution in [1.82, 2.24) is 19.4 Å². The fourth-order valence-corrected chi connectivity index (χ4v) is 3.50. The van der Waals surface area contributed by atoms with E-state index in [4.69, 9.17) is 4.74 Å². The minimum absolute atomic E-state index is 0.120. The molecule has 2 aromatic carbocycles. The molecule has 4 aromatic rings. The van der Waals surface area contributed by atoms with Crippen molar-refractivity contribution in [2.24, 2.45) is 7.05 Å². The lowest BCUT2D eigenvalue weighted by Crippen LogP contribution is -2.38. The van der Waals surface area contributed by atoms with E-state index in [2.05, 4.69) is 10.3 Å². The zero-order valence-corrected chi connectivity index (χ0v) is 18.2. The van der Waals surface area contributed by atoms with Gasteiger partial charge in [-0.2, -0.15) is 0 Å². The number of hydrogen-bond donors (Lipinski definition) is 1. The molecule has 0 saturated carbocycles. The predicted octanol–water partition coefficient (Wildman–Crippen LogP) is 2.72. The Balaban J connectivity index is 1.75. The number of nitrogens with zero attached hydrogens (tertiary/aromatic N) is 3. The van der Waals surface area contributed by atoms with E-state index < -0.39 is 23.2 Å². The second-order valence-electron chi connectivity index (χ2n) is 7.52. The number of rotatable bonds is 5. The van der Waals surface area contributed by atoms with Gasteiger partial charge in [0.1, 0.15) is 11.6 Å².